The van der Waals surface area contributed by atoms with Crippen LogP contribution < -0.4 is 9.46 Å². The molecule has 4 rings (SSSR count). The number of anilines is 1. The summed E-state index contributed by atoms with van der Waals surface area (Å²) in [4.78, 5) is 10.3. The maximum atomic E-state index is 13.3. The summed E-state index contributed by atoms with van der Waals surface area (Å²) < 4.78 is 35.8. The van der Waals surface area contributed by atoms with Crippen molar-refractivity contribution in [3.05, 3.63) is 76.8 Å². The molecule has 38 heavy (non-hydrogen) atoms. The SMILES string of the molecule is COc1ccc(NS(=O)(=O)c2cc([N+](=O)[O-])ccc2N=Nc2c(O)n(CCC(C)C)c3ccccc23)cc1. The number of nitro benzene ring substituents is 1. The molecule has 1 heterocycles. The van der Waals surface area contributed by atoms with E-state index in [0.29, 0.717) is 23.6 Å². The lowest BCUT2D eigenvalue weighted by Gasteiger charge is -2.10. The molecule has 0 atom stereocenters. The first-order valence-corrected chi connectivity index (χ1v) is 13.3. The van der Waals surface area contributed by atoms with E-state index in [0.717, 1.165) is 24.1 Å². The molecule has 0 bridgehead atoms. The van der Waals surface area contributed by atoms with E-state index in [-0.39, 0.29) is 22.9 Å². The lowest BCUT2D eigenvalue weighted by Crippen LogP contribution is -2.13. The molecule has 1 aromatic heterocycles. The van der Waals surface area contributed by atoms with Crippen LogP contribution in [0.4, 0.5) is 22.7 Å². The van der Waals surface area contributed by atoms with Crippen LogP contribution in [0.3, 0.4) is 0 Å². The minimum Gasteiger partial charge on any atom is -0.497 e. The Kier molecular flexibility index (Phi) is 7.62. The van der Waals surface area contributed by atoms with E-state index < -0.39 is 25.5 Å². The standard InChI is InChI=1S/C26H27N5O6S/c1-17(2)14-15-30-23-7-5-4-6-21(23)25(26(30)32)28-27-22-13-10-19(31(33)34)16-24(22)38(35,36)29-18-8-11-20(37-3)12-9-18/h4-13,16-17,29,32H,14-15H2,1-3H3. The van der Waals surface area contributed by atoms with E-state index in [1.54, 1.807) is 28.8 Å². The number of aryl methyl sites for hydroxylation is 1. The van der Waals surface area contributed by atoms with Crippen molar-refractivity contribution in [2.75, 3.05) is 11.8 Å². The van der Waals surface area contributed by atoms with E-state index in [2.05, 4.69) is 28.8 Å². The Morgan fingerprint density at radius 3 is 2.45 bits per heavy atom. The molecule has 0 unspecified atom stereocenters. The number of nitrogens with zero attached hydrogens (tertiary/aromatic N) is 4. The maximum Gasteiger partial charge on any atom is 0.270 e. The van der Waals surface area contributed by atoms with Gasteiger partial charge in [0, 0.05) is 29.8 Å². The zero-order valence-corrected chi connectivity index (χ0v) is 21.8. The number of hydrogen-bond acceptors (Lipinski definition) is 8. The first-order chi connectivity index (χ1) is 18.1. The van der Waals surface area contributed by atoms with Crippen molar-refractivity contribution >= 4 is 43.7 Å². The molecule has 0 radical (unpaired) electrons. The summed E-state index contributed by atoms with van der Waals surface area (Å²) in [6, 6.07) is 16.7. The van der Waals surface area contributed by atoms with E-state index >= 15 is 0 Å². The number of azo groups is 1. The van der Waals surface area contributed by atoms with Gasteiger partial charge in [-0.2, -0.15) is 0 Å². The minimum atomic E-state index is -4.31. The van der Waals surface area contributed by atoms with Crippen LogP contribution in [0.15, 0.2) is 81.9 Å². The number of fused-ring (bicyclic) bond motifs is 1. The zero-order chi connectivity index (χ0) is 27.4. The fourth-order valence-corrected chi connectivity index (χ4v) is 5.09. The van der Waals surface area contributed by atoms with Crippen molar-refractivity contribution in [1.82, 2.24) is 4.57 Å². The molecular weight excluding hydrogens is 510 g/mol. The highest BCUT2D eigenvalue weighted by molar-refractivity contribution is 7.92. The fraction of sp³-hybridized carbons (Fsp3) is 0.231. The number of ether oxygens (including phenoxy) is 1. The largest absolute Gasteiger partial charge is 0.497 e. The Bertz CT molecular complexity index is 1610. The van der Waals surface area contributed by atoms with Crippen molar-refractivity contribution in [1.29, 1.82) is 0 Å². The van der Waals surface area contributed by atoms with Crippen molar-refractivity contribution < 1.29 is 23.2 Å². The van der Waals surface area contributed by atoms with Crippen LogP contribution in [0, 0.1) is 16.0 Å². The summed E-state index contributed by atoms with van der Waals surface area (Å²) in [6.07, 6.45) is 0.824. The van der Waals surface area contributed by atoms with Gasteiger partial charge in [-0.25, -0.2) is 8.42 Å². The summed E-state index contributed by atoms with van der Waals surface area (Å²) in [5.41, 5.74) is 0.611. The minimum absolute atomic E-state index is 0.0988. The highest BCUT2D eigenvalue weighted by atomic mass is 32.2. The number of aromatic hydroxyl groups is 1. The zero-order valence-electron chi connectivity index (χ0n) is 21.0. The number of sulfonamides is 1. The topological polar surface area (TPSA) is 148 Å². The predicted octanol–water partition coefficient (Wildman–Crippen LogP) is 6.53. The van der Waals surface area contributed by atoms with E-state index in [1.165, 1.54) is 25.3 Å². The van der Waals surface area contributed by atoms with Crippen molar-refractivity contribution in [3.63, 3.8) is 0 Å². The molecule has 0 amide bonds. The molecule has 0 aliphatic heterocycles. The Hall–Kier alpha value is -4.45. The summed E-state index contributed by atoms with van der Waals surface area (Å²) in [7, 11) is -2.82. The number of para-hydroxylation sites is 1. The normalized spacial score (nSPS) is 11.9. The van der Waals surface area contributed by atoms with E-state index in [9.17, 15) is 23.6 Å². The van der Waals surface area contributed by atoms with Gasteiger partial charge in [0.25, 0.3) is 15.7 Å². The Labute approximate surface area is 219 Å². The molecule has 0 saturated carbocycles. The lowest BCUT2D eigenvalue weighted by molar-refractivity contribution is -0.385. The summed E-state index contributed by atoms with van der Waals surface area (Å²) in [5, 5.41) is 31.3. The monoisotopic (exact) mass is 537 g/mol. The van der Waals surface area contributed by atoms with Crippen LogP contribution in [0.2, 0.25) is 0 Å². The van der Waals surface area contributed by atoms with Crippen LogP contribution in [0.25, 0.3) is 10.9 Å². The Morgan fingerprint density at radius 2 is 1.79 bits per heavy atom. The molecule has 2 N–H and O–H groups in total. The summed E-state index contributed by atoms with van der Waals surface area (Å²) in [6.45, 7) is 4.72. The molecule has 0 aliphatic rings. The van der Waals surface area contributed by atoms with Gasteiger partial charge < -0.3 is 14.4 Å². The average molecular weight is 538 g/mol. The van der Waals surface area contributed by atoms with Gasteiger partial charge in [0.05, 0.1) is 17.5 Å². The van der Waals surface area contributed by atoms with Crippen molar-refractivity contribution in [3.8, 4) is 11.6 Å². The first-order valence-electron chi connectivity index (χ1n) is 11.8. The summed E-state index contributed by atoms with van der Waals surface area (Å²) >= 11 is 0. The van der Waals surface area contributed by atoms with E-state index in [4.69, 9.17) is 4.74 Å². The molecule has 0 spiro atoms. The number of nitrogens with one attached hydrogen (secondary N) is 1. The Balaban J connectivity index is 1.77. The molecule has 0 fully saturated rings. The molecule has 3 aromatic carbocycles. The van der Waals surface area contributed by atoms with Gasteiger partial charge in [0.2, 0.25) is 5.88 Å². The van der Waals surface area contributed by atoms with Crippen LogP contribution in [-0.4, -0.2) is 30.1 Å². The molecule has 4 aromatic rings. The van der Waals surface area contributed by atoms with Crippen molar-refractivity contribution in [2.45, 2.75) is 31.7 Å². The highest BCUT2D eigenvalue weighted by Crippen LogP contribution is 2.40. The van der Waals surface area contributed by atoms with Gasteiger partial charge in [0.1, 0.15) is 16.3 Å². The van der Waals surface area contributed by atoms with E-state index in [1.807, 2.05) is 12.1 Å². The summed E-state index contributed by atoms with van der Waals surface area (Å²) in [5.74, 6) is 0.843. The molecule has 11 nitrogen and oxygen atoms in total. The lowest BCUT2D eigenvalue weighted by atomic mass is 10.1. The van der Waals surface area contributed by atoms with Gasteiger partial charge in [-0.1, -0.05) is 32.0 Å². The van der Waals surface area contributed by atoms with Gasteiger partial charge in [-0.3, -0.25) is 14.8 Å². The number of aromatic nitrogens is 1. The third-order valence-corrected chi connectivity index (χ3v) is 7.30. The van der Waals surface area contributed by atoms with Gasteiger partial charge in [-0.05, 0) is 48.7 Å². The van der Waals surface area contributed by atoms with Gasteiger partial charge in [0.15, 0.2) is 5.69 Å². The predicted molar refractivity (Wildman–Crippen MR) is 144 cm³/mol. The van der Waals surface area contributed by atoms with Gasteiger partial charge >= 0.3 is 0 Å². The second-order valence-electron chi connectivity index (χ2n) is 8.97. The molecule has 0 saturated heterocycles. The molecule has 198 valence electrons. The Morgan fingerprint density at radius 1 is 1.08 bits per heavy atom. The molecular formula is C26H27N5O6S. The van der Waals surface area contributed by atoms with Crippen molar-refractivity contribution in [2.24, 2.45) is 16.1 Å². The van der Waals surface area contributed by atoms with Crippen LogP contribution >= 0.6 is 0 Å². The number of nitro groups is 1. The first kappa shape index (κ1) is 26.6. The number of methoxy groups -OCH3 is 1. The molecule has 0 aliphatic carbocycles. The average Bonchev–Trinajstić information content (AvgIpc) is 3.16. The molecule has 12 heteroatoms. The third kappa shape index (κ3) is 5.59. The van der Waals surface area contributed by atoms with Crippen LogP contribution in [-0.2, 0) is 16.6 Å². The number of rotatable bonds is 10. The second-order valence-corrected chi connectivity index (χ2v) is 10.6. The smallest absolute Gasteiger partial charge is 0.270 e. The van der Waals surface area contributed by atoms with Crippen LogP contribution in [0.5, 0.6) is 11.6 Å². The number of hydrogen-bond donors (Lipinski definition) is 2. The quantitative estimate of drug-likeness (QED) is 0.133. The fourth-order valence-electron chi connectivity index (χ4n) is 3.87. The number of non-ortho nitro benzene ring substituents is 1. The highest BCUT2D eigenvalue weighted by Gasteiger charge is 2.24. The number of benzene rings is 3. The third-order valence-electron chi connectivity index (χ3n) is 5.89. The second kappa shape index (κ2) is 10.9. The van der Waals surface area contributed by atoms with Gasteiger partial charge in [-0.15, -0.1) is 10.2 Å². The maximum absolute atomic E-state index is 13.3. The van der Waals surface area contributed by atoms with Crippen LogP contribution in [0.1, 0.15) is 20.3 Å².